The third-order valence-electron chi connectivity index (χ3n) is 2.32. The molecule has 2 rings (SSSR count). The van der Waals surface area contributed by atoms with E-state index < -0.39 is 5.97 Å². The van der Waals surface area contributed by atoms with Crippen molar-refractivity contribution >= 4 is 33.2 Å². The fraction of sp³-hybridized carbons (Fsp3) is 0.0833. The highest BCUT2D eigenvalue weighted by Gasteiger charge is 2.20. The van der Waals surface area contributed by atoms with Crippen LogP contribution in [0, 0.1) is 6.92 Å². The molecule has 0 fully saturated rings. The smallest absolute Gasteiger partial charge is 0.338 e. The van der Waals surface area contributed by atoms with Crippen molar-refractivity contribution in [2.24, 2.45) is 0 Å². The lowest BCUT2D eigenvalue weighted by Gasteiger charge is -2.02. The van der Waals surface area contributed by atoms with E-state index in [4.69, 9.17) is 0 Å². The summed E-state index contributed by atoms with van der Waals surface area (Å²) in [6, 6.07) is 9.58. The topological polar surface area (TPSA) is 37.3 Å². The molecule has 4 heteroatoms. The minimum absolute atomic E-state index is 0.355. The predicted octanol–water partition coefficient (Wildman–Crippen LogP) is 4.18. The molecule has 0 atom stereocenters. The van der Waals surface area contributed by atoms with Crippen molar-refractivity contribution in [1.29, 1.82) is 0 Å². The molecule has 2 nitrogen and oxygen atoms in total. The van der Waals surface area contributed by atoms with Crippen LogP contribution < -0.4 is 0 Å². The molecule has 1 aromatic heterocycles. The van der Waals surface area contributed by atoms with Crippen LogP contribution >= 0.6 is 27.3 Å². The van der Waals surface area contributed by atoms with Gasteiger partial charge in [0, 0.05) is 10.4 Å². The van der Waals surface area contributed by atoms with Crippen molar-refractivity contribution < 1.29 is 9.90 Å². The van der Waals surface area contributed by atoms with Gasteiger partial charge in [0.1, 0.15) is 0 Å². The van der Waals surface area contributed by atoms with Crippen LogP contribution in [0.2, 0.25) is 0 Å². The van der Waals surface area contributed by atoms with E-state index in [0.717, 1.165) is 16.0 Å². The summed E-state index contributed by atoms with van der Waals surface area (Å²) in [5.74, 6) is -0.893. The summed E-state index contributed by atoms with van der Waals surface area (Å²) in [6.45, 7) is 1.93. The van der Waals surface area contributed by atoms with Gasteiger partial charge in [0.2, 0.25) is 0 Å². The molecule has 0 saturated heterocycles. The summed E-state index contributed by atoms with van der Waals surface area (Å²) in [5, 5.41) is 9.20. The predicted molar refractivity (Wildman–Crippen MR) is 69.2 cm³/mol. The standard InChI is InChI=1S/C12H9BrO2S/c1-7-9(8-5-3-2-4-6-8)10(12(14)15)11(13)16-7/h2-6H,1H3,(H,14,15). The molecular formula is C12H9BrO2S. The average molecular weight is 297 g/mol. The number of carbonyl (C=O) groups is 1. The molecule has 0 radical (unpaired) electrons. The number of halogens is 1. The third-order valence-corrected chi connectivity index (χ3v) is 4.09. The number of rotatable bonds is 2. The lowest BCUT2D eigenvalue weighted by Crippen LogP contribution is -1.97. The molecular weight excluding hydrogens is 288 g/mol. The second kappa shape index (κ2) is 4.39. The highest BCUT2D eigenvalue weighted by molar-refractivity contribution is 9.11. The van der Waals surface area contributed by atoms with Crippen LogP contribution in [-0.4, -0.2) is 11.1 Å². The van der Waals surface area contributed by atoms with E-state index in [-0.39, 0.29) is 0 Å². The largest absolute Gasteiger partial charge is 0.478 e. The highest BCUT2D eigenvalue weighted by Crippen LogP contribution is 2.39. The van der Waals surface area contributed by atoms with Crippen molar-refractivity contribution in [3.8, 4) is 11.1 Å². The van der Waals surface area contributed by atoms with E-state index in [1.807, 2.05) is 37.3 Å². The van der Waals surface area contributed by atoms with E-state index in [1.54, 1.807) is 0 Å². The number of hydrogen-bond acceptors (Lipinski definition) is 2. The quantitative estimate of drug-likeness (QED) is 0.902. The van der Waals surface area contributed by atoms with E-state index >= 15 is 0 Å². The number of benzene rings is 1. The summed E-state index contributed by atoms with van der Waals surface area (Å²) in [7, 11) is 0. The van der Waals surface area contributed by atoms with Crippen LogP contribution in [0.15, 0.2) is 34.1 Å². The van der Waals surface area contributed by atoms with Gasteiger partial charge < -0.3 is 5.11 Å². The molecule has 0 unspecified atom stereocenters. The van der Waals surface area contributed by atoms with Gasteiger partial charge in [0.15, 0.2) is 0 Å². The Morgan fingerprint density at radius 1 is 1.31 bits per heavy atom. The van der Waals surface area contributed by atoms with Crippen LogP contribution in [0.3, 0.4) is 0 Å². The van der Waals surface area contributed by atoms with Crippen molar-refractivity contribution in [1.82, 2.24) is 0 Å². The monoisotopic (exact) mass is 296 g/mol. The summed E-state index contributed by atoms with van der Waals surface area (Å²) < 4.78 is 0.677. The summed E-state index contributed by atoms with van der Waals surface area (Å²) in [5.41, 5.74) is 2.11. The Bertz CT molecular complexity index is 531. The minimum atomic E-state index is -0.893. The molecule has 16 heavy (non-hydrogen) atoms. The zero-order valence-electron chi connectivity index (χ0n) is 8.53. The lowest BCUT2D eigenvalue weighted by molar-refractivity contribution is 0.0697. The van der Waals surface area contributed by atoms with Gasteiger partial charge in [-0.3, -0.25) is 0 Å². The van der Waals surface area contributed by atoms with Crippen LogP contribution in [0.1, 0.15) is 15.2 Å². The first-order chi connectivity index (χ1) is 7.61. The molecule has 2 aromatic rings. The molecule has 0 spiro atoms. The van der Waals surface area contributed by atoms with Crippen LogP contribution in [0.4, 0.5) is 0 Å². The molecule has 0 saturated carbocycles. The Kier molecular flexibility index (Phi) is 3.12. The third kappa shape index (κ3) is 1.90. The number of carboxylic acids is 1. The molecule has 0 aliphatic carbocycles. The highest BCUT2D eigenvalue weighted by atomic mass is 79.9. The maximum Gasteiger partial charge on any atom is 0.338 e. The first kappa shape index (κ1) is 11.4. The van der Waals surface area contributed by atoms with Crippen molar-refractivity contribution in [2.45, 2.75) is 6.92 Å². The summed E-state index contributed by atoms with van der Waals surface area (Å²) in [6.07, 6.45) is 0. The van der Waals surface area contributed by atoms with Crippen LogP contribution in [0.25, 0.3) is 11.1 Å². The maximum atomic E-state index is 11.2. The van der Waals surface area contributed by atoms with Gasteiger partial charge in [-0.2, -0.15) is 0 Å². The molecule has 1 N–H and O–H groups in total. The molecule has 0 amide bonds. The van der Waals surface area contributed by atoms with Crippen LogP contribution in [-0.2, 0) is 0 Å². The fourth-order valence-corrected chi connectivity index (χ4v) is 3.63. The van der Waals surface area contributed by atoms with Gasteiger partial charge in [-0.25, -0.2) is 4.79 Å². The van der Waals surface area contributed by atoms with Gasteiger partial charge in [-0.1, -0.05) is 30.3 Å². The second-order valence-corrected chi connectivity index (χ2v) is 5.90. The Balaban J connectivity index is 2.69. The van der Waals surface area contributed by atoms with Gasteiger partial charge in [-0.05, 0) is 28.4 Å². The molecule has 0 aliphatic rings. The Labute approximate surface area is 106 Å². The minimum Gasteiger partial charge on any atom is -0.478 e. The summed E-state index contributed by atoms with van der Waals surface area (Å²) in [4.78, 5) is 12.2. The molecule has 0 aliphatic heterocycles. The number of thiophene rings is 1. The number of aryl methyl sites for hydroxylation is 1. The van der Waals surface area contributed by atoms with Crippen LogP contribution in [0.5, 0.6) is 0 Å². The van der Waals surface area contributed by atoms with E-state index in [1.165, 1.54) is 11.3 Å². The SMILES string of the molecule is Cc1sc(Br)c(C(=O)O)c1-c1ccccc1. The average Bonchev–Trinajstić information content (AvgIpc) is 2.55. The number of carboxylic acid groups (broad SMARTS) is 1. The Morgan fingerprint density at radius 3 is 2.50 bits per heavy atom. The molecule has 0 bridgehead atoms. The second-order valence-electron chi connectivity index (χ2n) is 3.35. The molecule has 82 valence electrons. The van der Waals surface area contributed by atoms with Gasteiger partial charge >= 0.3 is 5.97 Å². The van der Waals surface area contributed by atoms with Crippen molar-refractivity contribution in [2.75, 3.05) is 0 Å². The Hall–Kier alpha value is -1.13. The lowest BCUT2D eigenvalue weighted by atomic mass is 10.0. The van der Waals surface area contributed by atoms with Gasteiger partial charge in [-0.15, -0.1) is 11.3 Å². The summed E-state index contributed by atoms with van der Waals surface area (Å²) >= 11 is 4.76. The maximum absolute atomic E-state index is 11.2. The number of aromatic carboxylic acids is 1. The van der Waals surface area contributed by atoms with Crippen molar-refractivity contribution in [3.05, 3.63) is 44.6 Å². The fourth-order valence-electron chi connectivity index (χ4n) is 1.65. The van der Waals surface area contributed by atoms with E-state index in [9.17, 15) is 9.90 Å². The molecule has 1 aromatic carbocycles. The first-order valence-corrected chi connectivity index (χ1v) is 6.30. The normalized spacial score (nSPS) is 10.4. The Morgan fingerprint density at radius 2 is 1.94 bits per heavy atom. The van der Waals surface area contributed by atoms with E-state index in [2.05, 4.69) is 15.9 Å². The van der Waals surface area contributed by atoms with Gasteiger partial charge in [0.25, 0.3) is 0 Å². The van der Waals surface area contributed by atoms with Gasteiger partial charge in [0.05, 0.1) is 9.35 Å². The van der Waals surface area contributed by atoms with Crippen molar-refractivity contribution in [3.63, 3.8) is 0 Å². The zero-order chi connectivity index (χ0) is 11.7. The first-order valence-electron chi connectivity index (χ1n) is 4.69. The molecule has 1 heterocycles. The van der Waals surface area contributed by atoms with E-state index in [0.29, 0.717) is 9.35 Å². The number of hydrogen-bond donors (Lipinski definition) is 1. The zero-order valence-corrected chi connectivity index (χ0v) is 10.9.